The highest BCUT2D eigenvalue weighted by molar-refractivity contribution is 7.10. The number of carbonyl (C=O) groups is 1. The minimum absolute atomic E-state index is 0.0693. The fraction of sp³-hybridized carbons (Fsp3) is 0.208. The van der Waals surface area contributed by atoms with E-state index in [-0.39, 0.29) is 32.8 Å². The Morgan fingerprint density at radius 2 is 1.86 bits per heavy atom. The lowest BCUT2D eigenvalue weighted by molar-refractivity contribution is -0.384. The van der Waals surface area contributed by atoms with Gasteiger partial charge in [-0.3, -0.25) is 14.9 Å². The second kappa shape index (κ2) is 9.82. The number of nitrogens with zero attached hydrogens (tertiary/aromatic N) is 3. The molecule has 4 aromatic rings. The molecule has 36 heavy (non-hydrogen) atoms. The maximum absolute atomic E-state index is 13.1. The highest BCUT2D eigenvalue weighted by Gasteiger charge is 2.28. The molecule has 0 unspecified atom stereocenters. The maximum Gasteiger partial charge on any atom is 0.349 e. The van der Waals surface area contributed by atoms with Gasteiger partial charge in [-0.15, -0.1) is 11.3 Å². The third kappa shape index (κ3) is 4.71. The van der Waals surface area contributed by atoms with E-state index < -0.39 is 16.5 Å². The Morgan fingerprint density at radius 3 is 2.58 bits per heavy atom. The van der Waals surface area contributed by atoms with Crippen LogP contribution in [0, 0.1) is 10.1 Å². The second-order valence-corrected chi connectivity index (χ2v) is 10.5. The van der Waals surface area contributed by atoms with E-state index in [9.17, 15) is 19.7 Å². The lowest BCUT2D eigenvalue weighted by Crippen LogP contribution is -2.39. The smallest absolute Gasteiger partial charge is 0.349 e. The van der Waals surface area contributed by atoms with Crippen LogP contribution >= 0.6 is 46.1 Å². The third-order valence-electron chi connectivity index (χ3n) is 6.07. The van der Waals surface area contributed by atoms with E-state index in [0.29, 0.717) is 47.6 Å². The van der Waals surface area contributed by atoms with Crippen molar-refractivity contribution >= 4 is 68.7 Å². The van der Waals surface area contributed by atoms with E-state index in [1.807, 2.05) is 5.38 Å². The molecule has 12 heteroatoms. The summed E-state index contributed by atoms with van der Waals surface area (Å²) in [6, 6.07) is 9.13. The molecular weight excluding hydrogens is 549 g/mol. The topological polar surface area (TPSA) is 107 Å². The number of likely N-dealkylation sites (tertiary alicyclic amines) is 1. The highest BCUT2D eigenvalue weighted by atomic mass is 35.5. The molecule has 0 bridgehead atoms. The zero-order chi connectivity index (χ0) is 25.6. The first-order valence-corrected chi connectivity index (χ1v) is 12.8. The Kier molecular flexibility index (Phi) is 6.74. The summed E-state index contributed by atoms with van der Waals surface area (Å²) in [7, 11) is 0. The average molecular weight is 565 g/mol. The molecule has 1 fully saturated rings. The largest absolute Gasteiger partial charge is 0.421 e. The number of piperidine rings is 1. The monoisotopic (exact) mass is 563 g/mol. The predicted octanol–water partition coefficient (Wildman–Crippen LogP) is 6.80. The van der Waals surface area contributed by atoms with Gasteiger partial charge in [-0.05, 0) is 37.1 Å². The van der Waals surface area contributed by atoms with E-state index in [1.54, 1.807) is 17.0 Å². The van der Waals surface area contributed by atoms with E-state index in [2.05, 4.69) is 4.98 Å². The number of nitro groups is 1. The van der Waals surface area contributed by atoms with Crippen molar-refractivity contribution in [3.8, 4) is 11.3 Å². The van der Waals surface area contributed by atoms with E-state index >= 15 is 0 Å². The lowest BCUT2D eigenvalue weighted by atomic mass is 9.97. The molecule has 0 saturated carbocycles. The summed E-state index contributed by atoms with van der Waals surface area (Å²) in [5.74, 6) is -0.283. The molecule has 1 saturated heterocycles. The van der Waals surface area contributed by atoms with Gasteiger partial charge < -0.3 is 9.32 Å². The molecule has 8 nitrogen and oxygen atoms in total. The summed E-state index contributed by atoms with van der Waals surface area (Å²) >= 11 is 19.5. The number of halogens is 3. The van der Waals surface area contributed by atoms with Crippen LogP contribution in [-0.2, 0) is 0 Å². The van der Waals surface area contributed by atoms with Crippen LogP contribution < -0.4 is 5.63 Å². The van der Waals surface area contributed by atoms with Gasteiger partial charge in [0, 0.05) is 46.4 Å². The first-order chi connectivity index (χ1) is 17.2. The minimum Gasteiger partial charge on any atom is -0.421 e. The summed E-state index contributed by atoms with van der Waals surface area (Å²) in [6.45, 7) is 0.886. The lowest BCUT2D eigenvalue weighted by Gasteiger charge is -2.31. The van der Waals surface area contributed by atoms with Crippen LogP contribution in [-0.4, -0.2) is 33.8 Å². The number of rotatable bonds is 4. The van der Waals surface area contributed by atoms with Crippen molar-refractivity contribution < 1.29 is 14.1 Å². The SMILES string of the molecule is O=C(c1cc2cc(Cl)cc(Cl)c2oc1=O)N1CCC(c2nc(-c3ccc(Cl)c([N+](=O)[O-])c3)cs2)CC1. The average Bonchev–Trinajstić information content (AvgIpc) is 3.34. The second-order valence-electron chi connectivity index (χ2n) is 8.31. The predicted molar refractivity (Wildman–Crippen MR) is 140 cm³/mol. The summed E-state index contributed by atoms with van der Waals surface area (Å²) in [6.07, 6.45) is 1.33. The molecule has 2 aromatic carbocycles. The van der Waals surface area contributed by atoms with Gasteiger partial charge in [-0.2, -0.15) is 0 Å². The van der Waals surface area contributed by atoms with E-state index in [1.165, 1.54) is 35.6 Å². The molecule has 0 aliphatic carbocycles. The number of nitro benzene ring substituents is 1. The van der Waals surface area contributed by atoms with Crippen molar-refractivity contribution in [1.29, 1.82) is 0 Å². The van der Waals surface area contributed by atoms with Crippen molar-refractivity contribution in [1.82, 2.24) is 9.88 Å². The maximum atomic E-state index is 13.1. The third-order valence-corrected chi connectivity index (χ3v) is 7.90. The van der Waals surface area contributed by atoms with Gasteiger partial charge in [-0.1, -0.05) is 40.9 Å². The molecule has 0 spiro atoms. The van der Waals surface area contributed by atoms with E-state index in [4.69, 9.17) is 39.2 Å². The van der Waals surface area contributed by atoms with Crippen LogP contribution in [0.3, 0.4) is 0 Å². The van der Waals surface area contributed by atoms with Gasteiger partial charge in [-0.25, -0.2) is 9.78 Å². The Bertz CT molecular complexity index is 1580. The first-order valence-electron chi connectivity index (χ1n) is 10.8. The molecule has 1 aliphatic rings. The van der Waals surface area contributed by atoms with Gasteiger partial charge in [0.15, 0.2) is 5.58 Å². The number of hydrogen-bond acceptors (Lipinski definition) is 7. The van der Waals surface area contributed by atoms with E-state index in [0.717, 1.165) is 5.01 Å². The molecule has 1 aliphatic heterocycles. The molecule has 3 heterocycles. The minimum atomic E-state index is -0.750. The molecular formula is C24H16Cl3N3O5S. The Hall–Kier alpha value is -2.98. The fourth-order valence-corrected chi connectivity index (χ4v) is 5.96. The van der Waals surface area contributed by atoms with Crippen LogP contribution in [0.4, 0.5) is 5.69 Å². The van der Waals surface area contributed by atoms with Gasteiger partial charge in [0.1, 0.15) is 10.6 Å². The van der Waals surface area contributed by atoms with Crippen LogP contribution in [0.5, 0.6) is 0 Å². The number of amides is 1. The van der Waals surface area contributed by atoms with Crippen molar-refractivity contribution in [3.05, 3.63) is 88.0 Å². The molecule has 0 radical (unpaired) electrons. The molecule has 5 rings (SSSR count). The number of carbonyl (C=O) groups excluding carboxylic acids is 1. The van der Waals surface area contributed by atoms with Crippen LogP contribution in [0.1, 0.15) is 34.1 Å². The zero-order valence-corrected chi connectivity index (χ0v) is 21.5. The van der Waals surface area contributed by atoms with Crippen molar-refractivity contribution in [2.24, 2.45) is 0 Å². The Morgan fingerprint density at radius 1 is 1.11 bits per heavy atom. The Balaban J connectivity index is 1.30. The van der Waals surface area contributed by atoms with Crippen LogP contribution in [0.25, 0.3) is 22.2 Å². The van der Waals surface area contributed by atoms with Crippen molar-refractivity contribution in [3.63, 3.8) is 0 Å². The quantitative estimate of drug-likeness (QED) is 0.153. The van der Waals surface area contributed by atoms with Gasteiger partial charge in [0.25, 0.3) is 11.6 Å². The molecule has 184 valence electrons. The summed E-state index contributed by atoms with van der Waals surface area (Å²) in [5, 5.41) is 15.1. The molecule has 0 atom stereocenters. The first kappa shape index (κ1) is 24.7. The number of fused-ring (bicyclic) bond motifs is 1. The molecule has 0 N–H and O–H groups in total. The summed E-state index contributed by atoms with van der Waals surface area (Å²) in [4.78, 5) is 42.6. The zero-order valence-electron chi connectivity index (χ0n) is 18.4. The van der Waals surface area contributed by atoms with Gasteiger partial charge >= 0.3 is 5.63 Å². The van der Waals surface area contributed by atoms with Crippen LogP contribution in [0.2, 0.25) is 15.1 Å². The standard InChI is InChI=1S/C24H16Cl3N3O5S/c25-15-7-14-8-16(24(32)35-21(14)18(27)10-15)23(31)29-5-3-12(4-6-29)22-28-19(11-36-22)13-1-2-17(26)20(9-13)30(33)34/h1-2,7-12H,3-6H2. The molecule has 2 aromatic heterocycles. The summed E-state index contributed by atoms with van der Waals surface area (Å²) in [5.41, 5.74) is 0.453. The van der Waals surface area contributed by atoms with Crippen molar-refractivity contribution in [2.75, 3.05) is 13.1 Å². The van der Waals surface area contributed by atoms with Gasteiger partial charge in [0.05, 0.1) is 20.6 Å². The summed E-state index contributed by atoms with van der Waals surface area (Å²) < 4.78 is 5.30. The number of benzene rings is 2. The normalized spacial score (nSPS) is 14.4. The number of hydrogen-bond donors (Lipinski definition) is 0. The highest BCUT2D eigenvalue weighted by Crippen LogP contribution is 2.35. The van der Waals surface area contributed by atoms with Crippen LogP contribution in [0.15, 0.2) is 51.0 Å². The number of thiazole rings is 1. The Labute approximate surface area is 223 Å². The number of aromatic nitrogens is 1. The fourth-order valence-electron chi connectivity index (χ4n) is 4.23. The van der Waals surface area contributed by atoms with Gasteiger partial charge in [0.2, 0.25) is 0 Å². The van der Waals surface area contributed by atoms with Crippen molar-refractivity contribution in [2.45, 2.75) is 18.8 Å². The molecule has 1 amide bonds.